The number of methoxy groups -OCH3 is 2. The van der Waals surface area contributed by atoms with Gasteiger partial charge in [0.25, 0.3) is 5.91 Å². The number of aryl methyl sites for hydroxylation is 1. The second-order valence-corrected chi connectivity index (χ2v) is 10.5. The van der Waals surface area contributed by atoms with Gasteiger partial charge in [0.1, 0.15) is 0 Å². The number of amides is 1. The molecule has 0 radical (unpaired) electrons. The first kappa shape index (κ1) is 22.6. The molecule has 3 N–H and O–H groups in total. The minimum Gasteiger partial charge on any atom is -0.493 e. The second-order valence-electron chi connectivity index (χ2n) is 9.38. The highest BCUT2D eigenvalue weighted by Crippen LogP contribution is 2.45. The third-order valence-corrected chi connectivity index (χ3v) is 6.98. The fraction of sp³-hybridized carbons (Fsp3) is 0.542. The van der Waals surface area contributed by atoms with E-state index in [2.05, 4.69) is 31.3 Å². The first-order valence-corrected chi connectivity index (χ1v) is 11.3. The van der Waals surface area contributed by atoms with Crippen molar-refractivity contribution < 1.29 is 14.3 Å². The Labute approximate surface area is 184 Å². The lowest BCUT2D eigenvalue weighted by molar-refractivity contribution is 0.0922. The zero-order valence-electron chi connectivity index (χ0n) is 19.1. The zero-order chi connectivity index (χ0) is 22.2. The lowest BCUT2D eigenvalue weighted by Crippen LogP contribution is -2.41. The molecular weight excluding hydrogens is 396 g/mol. The van der Waals surface area contributed by atoms with Crippen molar-refractivity contribution in [3.63, 3.8) is 0 Å². The minimum absolute atomic E-state index is 0.0331. The van der Waals surface area contributed by atoms with E-state index in [1.165, 1.54) is 10.4 Å². The van der Waals surface area contributed by atoms with Crippen molar-refractivity contribution in [1.29, 1.82) is 0 Å². The number of carbonyl (C=O) groups excluding carboxylic acids is 1. The molecule has 0 saturated carbocycles. The van der Waals surface area contributed by atoms with Gasteiger partial charge in [0.2, 0.25) is 0 Å². The molecule has 1 aromatic heterocycles. The van der Waals surface area contributed by atoms with E-state index in [4.69, 9.17) is 15.2 Å². The molecule has 1 heterocycles. The summed E-state index contributed by atoms with van der Waals surface area (Å²) in [6, 6.07) is 6.21. The molecule has 0 bridgehead atoms. The van der Waals surface area contributed by atoms with Crippen molar-refractivity contribution >= 4 is 17.2 Å². The van der Waals surface area contributed by atoms with Crippen molar-refractivity contribution in [2.24, 2.45) is 5.73 Å². The van der Waals surface area contributed by atoms with Crippen LogP contribution in [0.1, 0.15) is 84.1 Å². The van der Waals surface area contributed by atoms with Gasteiger partial charge in [-0.05, 0) is 74.4 Å². The summed E-state index contributed by atoms with van der Waals surface area (Å²) < 4.78 is 11.1. The maximum atomic E-state index is 13.2. The highest BCUT2D eigenvalue weighted by molar-refractivity contribution is 7.14. The third kappa shape index (κ3) is 4.49. The summed E-state index contributed by atoms with van der Waals surface area (Å²) in [5, 5.41) is 3.13. The van der Waals surface area contributed by atoms with E-state index in [-0.39, 0.29) is 23.4 Å². The van der Waals surface area contributed by atoms with Gasteiger partial charge >= 0.3 is 0 Å². The van der Waals surface area contributed by atoms with Gasteiger partial charge in [0.15, 0.2) is 11.5 Å². The quantitative estimate of drug-likeness (QED) is 0.713. The van der Waals surface area contributed by atoms with Crippen molar-refractivity contribution in [1.82, 2.24) is 5.32 Å². The molecule has 164 valence electrons. The number of ether oxygens (including phenoxy) is 2. The Bertz CT molecular complexity index is 927. The van der Waals surface area contributed by atoms with Crippen molar-refractivity contribution in [3.8, 4) is 11.5 Å². The number of fused-ring (bicyclic) bond motifs is 1. The normalized spacial score (nSPS) is 18.8. The van der Waals surface area contributed by atoms with Crippen LogP contribution in [0.15, 0.2) is 18.2 Å². The fourth-order valence-corrected chi connectivity index (χ4v) is 5.18. The number of benzene rings is 1. The highest BCUT2D eigenvalue weighted by Gasteiger charge is 2.34. The molecule has 30 heavy (non-hydrogen) atoms. The summed E-state index contributed by atoms with van der Waals surface area (Å²) in [5.74, 6) is 1.67. The summed E-state index contributed by atoms with van der Waals surface area (Å²) in [6.45, 7) is 10.3. The smallest absolute Gasteiger partial charge is 0.262 e. The second kappa shape index (κ2) is 8.60. The lowest BCUT2D eigenvalue weighted by Gasteiger charge is -2.32. The van der Waals surface area contributed by atoms with Crippen LogP contribution in [-0.4, -0.2) is 31.7 Å². The van der Waals surface area contributed by atoms with E-state index in [1.54, 1.807) is 25.6 Å². The van der Waals surface area contributed by atoms with E-state index >= 15 is 0 Å². The van der Waals surface area contributed by atoms with Crippen LogP contribution in [0.25, 0.3) is 0 Å². The SMILES string of the molecule is COc1cc2c(cc1OC)[C@H](c1cc(C(C)C)sc1C(=O)NC(C)(C)C)[C@@H](N)CC2. The molecule has 3 rings (SSSR count). The Kier molecular flexibility index (Phi) is 6.48. The van der Waals surface area contributed by atoms with Crippen LogP contribution in [0, 0.1) is 0 Å². The molecular formula is C24H34N2O3S. The highest BCUT2D eigenvalue weighted by atomic mass is 32.1. The largest absolute Gasteiger partial charge is 0.493 e. The Morgan fingerprint density at radius 1 is 1.13 bits per heavy atom. The topological polar surface area (TPSA) is 73.6 Å². The van der Waals surface area contributed by atoms with E-state index in [1.807, 2.05) is 26.8 Å². The van der Waals surface area contributed by atoms with Crippen molar-refractivity contribution in [2.75, 3.05) is 14.2 Å². The Morgan fingerprint density at radius 2 is 1.77 bits per heavy atom. The monoisotopic (exact) mass is 430 g/mol. The van der Waals surface area contributed by atoms with E-state index < -0.39 is 0 Å². The van der Waals surface area contributed by atoms with Crippen molar-refractivity contribution in [2.45, 2.75) is 70.9 Å². The van der Waals surface area contributed by atoms with Crippen LogP contribution in [0.5, 0.6) is 11.5 Å². The number of hydrogen-bond acceptors (Lipinski definition) is 5. The summed E-state index contributed by atoms with van der Waals surface area (Å²) in [6.07, 6.45) is 1.75. The van der Waals surface area contributed by atoms with Crippen LogP contribution in [0.3, 0.4) is 0 Å². The Morgan fingerprint density at radius 3 is 2.33 bits per heavy atom. The lowest BCUT2D eigenvalue weighted by atomic mass is 9.75. The maximum absolute atomic E-state index is 13.2. The number of nitrogens with one attached hydrogen (secondary N) is 1. The summed E-state index contributed by atoms with van der Waals surface area (Å²) in [4.78, 5) is 15.2. The standard InChI is InChI=1S/C24H34N2O3S/c1-13(2)20-12-16(22(30-20)23(27)26-24(3,4)5)21-15-11-19(29-7)18(28-6)10-14(15)8-9-17(21)25/h10-13,17,21H,8-9,25H2,1-7H3,(H,26,27)/t17-,21+/m0/s1. The number of thiophene rings is 1. The predicted octanol–water partition coefficient (Wildman–Crippen LogP) is 4.82. The van der Waals surface area contributed by atoms with Gasteiger partial charge in [0.05, 0.1) is 19.1 Å². The number of carbonyl (C=O) groups is 1. The molecule has 2 aromatic rings. The molecule has 1 aromatic carbocycles. The molecule has 2 atom stereocenters. The summed E-state index contributed by atoms with van der Waals surface area (Å²) in [5.41, 5.74) is 9.72. The van der Waals surface area contributed by atoms with Gasteiger partial charge in [-0.25, -0.2) is 0 Å². The van der Waals surface area contributed by atoms with E-state index in [0.29, 0.717) is 11.7 Å². The van der Waals surface area contributed by atoms with Crippen molar-refractivity contribution in [3.05, 3.63) is 44.6 Å². The molecule has 0 saturated heterocycles. The van der Waals surface area contributed by atoms with Gasteiger partial charge in [-0.2, -0.15) is 0 Å². The molecule has 0 unspecified atom stereocenters. The molecule has 1 aliphatic rings. The van der Waals surface area contributed by atoms with Gasteiger partial charge in [-0.3, -0.25) is 4.79 Å². The van der Waals surface area contributed by atoms with Gasteiger partial charge < -0.3 is 20.5 Å². The molecule has 0 fully saturated rings. The van der Waals surface area contributed by atoms with Crippen LogP contribution < -0.4 is 20.5 Å². The average molecular weight is 431 g/mol. The molecule has 5 nitrogen and oxygen atoms in total. The molecule has 6 heteroatoms. The first-order valence-electron chi connectivity index (χ1n) is 10.5. The molecule has 0 spiro atoms. The first-order chi connectivity index (χ1) is 14.1. The average Bonchev–Trinajstić information content (AvgIpc) is 3.11. The van der Waals surface area contributed by atoms with Crippen LogP contribution in [0.4, 0.5) is 0 Å². The Balaban J connectivity index is 2.16. The Hall–Kier alpha value is -2.05. The van der Waals surface area contributed by atoms with E-state index in [9.17, 15) is 4.79 Å². The van der Waals surface area contributed by atoms with Crippen LogP contribution >= 0.6 is 11.3 Å². The zero-order valence-corrected chi connectivity index (χ0v) is 19.9. The van der Waals surface area contributed by atoms with Crippen LogP contribution in [0.2, 0.25) is 0 Å². The molecule has 1 aliphatic carbocycles. The summed E-state index contributed by atoms with van der Waals surface area (Å²) in [7, 11) is 3.30. The van der Waals surface area contributed by atoms with Gasteiger partial charge in [-0.15, -0.1) is 11.3 Å². The maximum Gasteiger partial charge on any atom is 0.262 e. The fourth-order valence-electron chi connectivity index (χ4n) is 4.08. The van der Waals surface area contributed by atoms with Gasteiger partial charge in [-0.1, -0.05) is 13.8 Å². The molecule has 1 amide bonds. The number of rotatable bonds is 5. The number of hydrogen-bond donors (Lipinski definition) is 2. The van der Waals surface area contributed by atoms with Crippen LogP contribution in [-0.2, 0) is 6.42 Å². The number of nitrogens with two attached hydrogens (primary N) is 1. The third-order valence-electron chi connectivity index (χ3n) is 5.53. The van der Waals surface area contributed by atoms with E-state index in [0.717, 1.165) is 34.6 Å². The predicted molar refractivity (Wildman–Crippen MR) is 123 cm³/mol. The summed E-state index contributed by atoms with van der Waals surface area (Å²) >= 11 is 1.58. The van der Waals surface area contributed by atoms with Gasteiger partial charge in [0, 0.05) is 22.4 Å². The molecule has 0 aliphatic heterocycles. The minimum atomic E-state index is -0.306.